The third-order valence-corrected chi connectivity index (χ3v) is 9.62. The minimum absolute atomic E-state index is 0.935. The minimum Gasteiger partial charge on any atom is -0.377 e. The highest BCUT2D eigenvalue weighted by Gasteiger charge is 2.42. The summed E-state index contributed by atoms with van der Waals surface area (Å²) in [5, 5.41) is 27.8. The molecule has 0 amide bonds. The first-order valence-corrected chi connectivity index (χ1v) is 11.8. The lowest BCUT2D eigenvalue weighted by Gasteiger charge is -2.30. The van der Waals surface area contributed by atoms with Crippen LogP contribution >= 0.6 is 0 Å². The van der Waals surface area contributed by atoms with Gasteiger partial charge in [-0.15, -0.1) is 0 Å². The van der Waals surface area contributed by atoms with E-state index in [9.17, 15) is 40.6 Å². The Bertz CT molecular complexity index is 602. The number of aliphatic hydroxyl groups is 3. The molecule has 0 aliphatic carbocycles. The zero-order valence-corrected chi connectivity index (χ0v) is 15.8. The van der Waals surface area contributed by atoms with E-state index in [1.165, 1.54) is 0 Å². The summed E-state index contributed by atoms with van der Waals surface area (Å²) in [4.78, 5) is 0. The highest BCUT2D eigenvalue weighted by atomic mass is 32.2. The van der Waals surface area contributed by atoms with Crippen molar-refractivity contribution in [2.75, 3.05) is 17.3 Å². The summed E-state index contributed by atoms with van der Waals surface area (Å²) in [5.74, 6) is -2.80. The molecular formula is C11H24O9S3. The molecule has 3 unspecified atom stereocenters. The third kappa shape index (κ3) is 6.63. The van der Waals surface area contributed by atoms with Gasteiger partial charge in [0.25, 0.3) is 0 Å². The Labute approximate surface area is 137 Å². The van der Waals surface area contributed by atoms with Gasteiger partial charge in [-0.25, -0.2) is 25.3 Å². The van der Waals surface area contributed by atoms with E-state index in [1.807, 2.05) is 0 Å². The van der Waals surface area contributed by atoms with Crippen LogP contribution in [-0.4, -0.2) is 74.1 Å². The summed E-state index contributed by atoms with van der Waals surface area (Å²) in [7, 11) is -12.6. The number of hydrogen-bond donors (Lipinski definition) is 3. The van der Waals surface area contributed by atoms with Crippen molar-refractivity contribution in [2.45, 2.75) is 44.0 Å². The van der Waals surface area contributed by atoms with Crippen LogP contribution in [0.1, 0.15) is 27.7 Å². The fraction of sp³-hybridized carbons (Fsp3) is 1.00. The Hall–Kier alpha value is -0.270. The lowest BCUT2D eigenvalue weighted by molar-refractivity contribution is 0.259. The smallest absolute Gasteiger partial charge is 0.177 e. The molecule has 3 atom stereocenters. The van der Waals surface area contributed by atoms with Crippen molar-refractivity contribution in [2.24, 2.45) is 5.41 Å². The van der Waals surface area contributed by atoms with Crippen LogP contribution in [0.25, 0.3) is 0 Å². The average Bonchev–Trinajstić information content (AvgIpc) is 2.24. The summed E-state index contributed by atoms with van der Waals surface area (Å²) in [6.07, 6.45) is 0. The van der Waals surface area contributed by atoms with E-state index in [4.69, 9.17) is 0 Å². The van der Waals surface area contributed by atoms with Gasteiger partial charge >= 0.3 is 0 Å². The molecule has 0 aromatic carbocycles. The molecule has 12 heteroatoms. The van der Waals surface area contributed by atoms with Crippen LogP contribution in [0.5, 0.6) is 0 Å². The quantitative estimate of drug-likeness (QED) is 0.410. The van der Waals surface area contributed by atoms with Crippen molar-refractivity contribution in [3.8, 4) is 0 Å². The van der Waals surface area contributed by atoms with E-state index < -0.39 is 68.5 Å². The van der Waals surface area contributed by atoms with Crippen LogP contribution in [0, 0.1) is 5.41 Å². The van der Waals surface area contributed by atoms with Crippen LogP contribution in [-0.2, 0) is 29.5 Å². The van der Waals surface area contributed by atoms with E-state index in [-0.39, 0.29) is 0 Å². The number of hydrogen-bond acceptors (Lipinski definition) is 9. The van der Waals surface area contributed by atoms with Gasteiger partial charge in [0.05, 0.1) is 17.3 Å². The fourth-order valence-electron chi connectivity index (χ4n) is 1.94. The Morgan fingerprint density at radius 1 is 0.652 bits per heavy atom. The second-order valence-corrected chi connectivity index (χ2v) is 12.9. The molecule has 0 bridgehead atoms. The second-order valence-electron chi connectivity index (χ2n) is 6.03. The van der Waals surface area contributed by atoms with Crippen molar-refractivity contribution in [1.82, 2.24) is 0 Å². The van der Waals surface area contributed by atoms with Crippen LogP contribution in [0.3, 0.4) is 0 Å². The van der Waals surface area contributed by atoms with Gasteiger partial charge in [0, 0.05) is 5.41 Å². The van der Waals surface area contributed by atoms with E-state index >= 15 is 0 Å². The predicted octanol–water partition coefficient (Wildman–Crippen LogP) is -1.75. The van der Waals surface area contributed by atoms with Gasteiger partial charge in [0.15, 0.2) is 45.8 Å². The third-order valence-electron chi connectivity index (χ3n) is 3.21. The molecule has 0 aliphatic heterocycles. The van der Waals surface area contributed by atoms with E-state index in [0.717, 1.165) is 27.7 Å². The summed E-state index contributed by atoms with van der Waals surface area (Å²) in [6, 6.07) is 0. The van der Waals surface area contributed by atoms with Gasteiger partial charge in [-0.3, -0.25) is 0 Å². The molecule has 0 heterocycles. The molecule has 0 spiro atoms. The molecule has 140 valence electrons. The van der Waals surface area contributed by atoms with Crippen LogP contribution < -0.4 is 0 Å². The normalized spacial score (nSPS) is 20.5. The maximum absolute atomic E-state index is 11.9. The van der Waals surface area contributed by atoms with Gasteiger partial charge in [0.2, 0.25) is 0 Å². The molecule has 0 aliphatic rings. The monoisotopic (exact) mass is 396 g/mol. The van der Waals surface area contributed by atoms with Crippen molar-refractivity contribution >= 4 is 29.5 Å². The molecule has 0 radical (unpaired) electrons. The molecule has 0 fully saturated rings. The molecule has 0 aromatic heterocycles. The molecule has 0 saturated heterocycles. The Morgan fingerprint density at radius 3 is 0.957 bits per heavy atom. The summed E-state index contributed by atoms with van der Waals surface area (Å²) in [5.41, 5.74) is -7.29. The van der Waals surface area contributed by atoms with E-state index in [1.54, 1.807) is 0 Å². The fourth-order valence-corrected chi connectivity index (χ4v) is 6.58. The van der Waals surface area contributed by atoms with E-state index in [2.05, 4.69) is 0 Å². The Kier molecular flexibility index (Phi) is 7.23. The van der Waals surface area contributed by atoms with Crippen molar-refractivity contribution in [3.05, 3.63) is 0 Å². The second kappa shape index (κ2) is 7.31. The van der Waals surface area contributed by atoms with Gasteiger partial charge in [-0.1, -0.05) is 6.92 Å². The minimum atomic E-state index is -4.19. The molecule has 23 heavy (non-hydrogen) atoms. The largest absolute Gasteiger partial charge is 0.377 e. The van der Waals surface area contributed by atoms with Gasteiger partial charge in [-0.05, 0) is 20.8 Å². The van der Waals surface area contributed by atoms with Gasteiger partial charge in [-0.2, -0.15) is 0 Å². The number of aliphatic hydroxyl groups excluding tert-OH is 3. The first kappa shape index (κ1) is 22.7. The summed E-state index contributed by atoms with van der Waals surface area (Å²) < 4.78 is 71.4. The highest BCUT2D eigenvalue weighted by molar-refractivity contribution is 7.93. The maximum atomic E-state index is 11.9. The Balaban J connectivity index is 5.91. The topological polar surface area (TPSA) is 163 Å². The van der Waals surface area contributed by atoms with Gasteiger partial charge < -0.3 is 15.3 Å². The zero-order chi connectivity index (χ0) is 18.9. The molecular weight excluding hydrogens is 372 g/mol. The molecule has 0 saturated carbocycles. The van der Waals surface area contributed by atoms with Crippen LogP contribution in [0.4, 0.5) is 0 Å². The lowest BCUT2D eigenvalue weighted by atomic mass is 9.99. The van der Waals surface area contributed by atoms with Crippen molar-refractivity contribution in [3.63, 3.8) is 0 Å². The highest BCUT2D eigenvalue weighted by Crippen LogP contribution is 2.28. The first-order valence-electron chi connectivity index (χ1n) is 6.64. The van der Waals surface area contributed by atoms with Crippen molar-refractivity contribution in [1.29, 1.82) is 0 Å². The summed E-state index contributed by atoms with van der Waals surface area (Å²) in [6.45, 7) is 3.99. The lowest BCUT2D eigenvalue weighted by Crippen LogP contribution is -2.45. The first-order chi connectivity index (χ1) is 9.95. The van der Waals surface area contributed by atoms with Crippen LogP contribution in [0.2, 0.25) is 0 Å². The number of rotatable bonds is 9. The van der Waals surface area contributed by atoms with E-state index in [0.29, 0.717) is 0 Å². The molecule has 0 aromatic rings. The SMILES string of the molecule is CC(O)S(=O)(=O)CC(C)(CS(=O)(=O)C(C)O)CS(=O)(=O)C(C)O. The zero-order valence-electron chi connectivity index (χ0n) is 13.4. The molecule has 3 N–H and O–H groups in total. The van der Waals surface area contributed by atoms with Crippen LogP contribution in [0.15, 0.2) is 0 Å². The predicted molar refractivity (Wildman–Crippen MR) is 84.5 cm³/mol. The maximum Gasteiger partial charge on any atom is 0.177 e. The van der Waals surface area contributed by atoms with Crippen molar-refractivity contribution < 1.29 is 40.6 Å². The molecule has 9 nitrogen and oxygen atoms in total. The van der Waals surface area contributed by atoms with Gasteiger partial charge in [0.1, 0.15) is 0 Å². The standard InChI is InChI=1S/C11H24O9S3/c1-8(12)21(15,16)5-11(4,6-22(17,18)9(2)13)7-23(19,20)10(3)14/h8-10,12-14H,5-7H2,1-4H3. The Morgan fingerprint density at radius 2 is 0.826 bits per heavy atom. The summed E-state index contributed by atoms with van der Waals surface area (Å²) >= 11 is 0. The molecule has 0 rings (SSSR count). The average molecular weight is 397 g/mol. The number of sulfone groups is 3.